The van der Waals surface area contributed by atoms with E-state index in [2.05, 4.69) is 15.4 Å². The van der Waals surface area contributed by atoms with E-state index in [1.54, 1.807) is 12.1 Å². The molecule has 1 aromatic carbocycles. The lowest BCUT2D eigenvalue weighted by Crippen LogP contribution is -2.35. The average molecular weight is 498 g/mol. The summed E-state index contributed by atoms with van der Waals surface area (Å²) in [7, 11) is -3.91. The first-order chi connectivity index (χ1) is 15.2. The molecule has 4 rings (SSSR count). The van der Waals surface area contributed by atoms with E-state index in [0.717, 1.165) is 11.8 Å². The van der Waals surface area contributed by atoms with Gasteiger partial charge in [-0.1, -0.05) is 29.3 Å². The molecule has 2 aliphatic heterocycles. The highest BCUT2D eigenvalue weighted by atomic mass is 35.5. The van der Waals surface area contributed by atoms with Crippen molar-refractivity contribution in [1.82, 2.24) is 15.3 Å². The summed E-state index contributed by atoms with van der Waals surface area (Å²) < 4.78 is 29.3. The molecule has 0 saturated carbocycles. The third-order valence-electron chi connectivity index (χ3n) is 5.31. The highest BCUT2D eigenvalue weighted by molar-refractivity contribution is 7.89. The zero-order chi connectivity index (χ0) is 22.9. The Hall–Kier alpha value is -2.08. The zero-order valence-electron chi connectivity index (χ0n) is 16.9. The Labute approximate surface area is 195 Å². The molecule has 2 atom stereocenters. The van der Waals surface area contributed by atoms with Gasteiger partial charge in [-0.15, -0.1) is 0 Å². The van der Waals surface area contributed by atoms with Crippen LogP contribution in [0.25, 0.3) is 0 Å². The molecule has 170 valence electrons. The summed E-state index contributed by atoms with van der Waals surface area (Å²) in [5.41, 5.74) is 1.74. The molecule has 32 heavy (non-hydrogen) atoms. The Morgan fingerprint density at radius 2 is 2.03 bits per heavy atom. The van der Waals surface area contributed by atoms with Crippen LogP contribution in [0.15, 0.2) is 46.7 Å². The predicted octanol–water partition coefficient (Wildman–Crippen LogP) is 1.95. The van der Waals surface area contributed by atoms with Crippen molar-refractivity contribution in [1.29, 1.82) is 0 Å². The van der Waals surface area contributed by atoms with E-state index < -0.39 is 10.0 Å². The van der Waals surface area contributed by atoms with Crippen LogP contribution in [0.5, 0.6) is 0 Å². The normalized spacial score (nSPS) is 22.0. The van der Waals surface area contributed by atoms with Crippen LogP contribution in [0.3, 0.4) is 0 Å². The Balaban J connectivity index is 1.58. The topological polar surface area (TPSA) is 127 Å². The lowest BCUT2D eigenvalue weighted by molar-refractivity contribution is -0.129. The standard InChI is InChI=1S/C20H21Cl2N5O4S/c21-16-2-1-12(6-17(16)22)20-14(9-24-3-4-31-20)11-27-19(28)7-18(26-27)13-5-15(10-25-8-13)32(23,29)30/h1-2,5-6,8,10,14,20,24H,3-4,7,9,11H2,(H2,23,29,30)/t14-,20-/m0/s1. The van der Waals surface area contributed by atoms with Crippen LogP contribution in [-0.4, -0.2) is 56.3 Å². The Kier molecular flexibility index (Phi) is 6.80. The van der Waals surface area contributed by atoms with Gasteiger partial charge in [0.25, 0.3) is 0 Å². The molecule has 3 heterocycles. The molecule has 2 aromatic rings. The van der Waals surface area contributed by atoms with Gasteiger partial charge >= 0.3 is 0 Å². The molecule has 1 saturated heterocycles. The summed E-state index contributed by atoms with van der Waals surface area (Å²) in [6.07, 6.45) is 2.34. The second kappa shape index (κ2) is 9.42. The number of hydrogen-bond donors (Lipinski definition) is 2. The van der Waals surface area contributed by atoms with E-state index in [0.29, 0.717) is 47.6 Å². The number of aromatic nitrogens is 1. The number of halogens is 2. The van der Waals surface area contributed by atoms with Gasteiger partial charge in [-0.2, -0.15) is 5.10 Å². The molecule has 9 nitrogen and oxygen atoms in total. The van der Waals surface area contributed by atoms with Crippen molar-refractivity contribution >= 4 is 44.8 Å². The van der Waals surface area contributed by atoms with E-state index in [1.807, 2.05) is 6.07 Å². The molecule has 0 unspecified atom stereocenters. The Morgan fingerprint density at radius 3 is 2.78 bits per heavy atom. The molecule has 0 spiro atoms. The van der Waals surface area contributed by atoms with Crippen molar-refractivity contribution in [3.8, 4) is 0 Å². The SMILES string of the molecule is NS(=O)(=O)c1cncc(C2=NN(C[C@@H]3CNCCO[C@H]3c3ccc(Cl)c(Cl)c3)C(=O)C2)c1. The number of carbonyl (C=O) groups excluding carboxylic acids is 1. The van der Waals surface area contributed by atoms with Crippen LogP contribution < -0.4 is 10.5 Å². The van der Waals surface area contributed by atoms with Gasteiger partial charge in [0.15, 0.2) is 0 Å². The summed E-state index contributed by atoms with van der Waals surface area (Å²) in [6, 6.07) is 6.73. The second-order valence-electron chi connectivity index (χ2n) is 7.58. The second-order valence-corrected chi connectivity index (χ2v) is 9.96. The maximum Gasteiger partial charge on any atom is 0.248 e. The molecule has 2 aliphatic rings. The maximum atomic E-state index is 12.7. The largest absolute Gasteiger partial charge is 0.372 e. The number of sulfonamides is 1. The third kappa shape index (κ3) is 5.11. The van der Waals surface area contributed by atoms with Crippen molar-refractivity contribution in [2.75, 3.05) is 26.2 Å². The number of nitrogens with zero attached hydrogens (tertiary/aromatic N) is 3. The Bertz CT molecular complexity index is 1170. The van der Waals surface area contributed by atoms with E-state index in [9.17, 15) is 13.2 Å². The first-order valence-electron chi connectivity index (χ1n) is 9.85. The van der Waals surface area contributed by atoms with Gasteiger partial charge in [-0.25, -0.2) is 18.6 Å². The number of rotatable bonds is 5. The van der Waals surface area contributed by atoms with Crippen molar-refractivity contribution in [3.05, 3.63) is 57.8 Å². The molecule has 1 aromatic heterocycles. The molecule has 1 fully saturated rings. The fraction of sp³-hybridized carbons (Fsp3) is 0.350. The molecule has 0 radical (unpaired) electrons. The van der Waals surface area contributed by atoms with Crippen LogP contribution in [0.4, 0.5) is 0 Å². The predicted molar refractivity (Wildman–Crippen MR) is 120 cm³/mol. The van der Waals surface area contributed by atoms with Gasteiger partial charge in [0.2, 0.25) is 15.9 Å². The molecular weight excluding hydrogens is 477 g/mol. The van der Waals surface area contributed by atoms with Crippen LogP contribution in [0.2, 0.25) is 10.0 Å². The number of nitrogens with one attached hydrogen (secondary N) is 1. The Morgan fingerprint density at radius 1 is 1.22 bits per heavy atom. The van der Waals surface area contributed by atoms with Crippen molar-refractivity contribution in [2.45, 2.75) is 17.4 Å². The van der Waals surface area contributed by atoms with Crippen LogP contribution in [0.1, 0.15) is 23.7 Å². The minimum atomic E-state index is -3.91. The minimum Gasteiger partial charge on any atom is -0.372 e. The molecule has 3 N–H and O–H groups in total. The molecule has 0 bridgehead atoms. The summed E-state index contributed by atoms with van der Waals surface area (Å²) in [6.45, 7) is 2.11. The first-order valence-corrected chi connectivity index (χ1v) is 12.2. The lowest BCUT2D eigenvalue weighted by Gasteiger charge is -2.27. The van der Waals surface area contributed by atoms with Gasteiger partial charge in [0.05, 0.1) is 41.4 Å². The van der Waals surface area contributed by atoms with E-state index in [1.165, 1.54) is 17.3 Å². The maximum absolute atomic E-state index is 12.7. The average Bonchev–Trinajstić information content (AvgIpc) is 2.96. The van der Waals surface area contributed by atoms with Crippen molar-refractivity contribution in [2.24, 2.45) is 16.2 Å². The number of benzene rings is 1. The number of primary sulfonamides is 1. The first kappa shape index (κ1) is 23.1. The van der Waals surface area contributed by atoms with E-state index >= 15 is 0 Å². The summed E-state index contributed by atoms with van der Waals surface area (Å²) in [5.74, 6) is -0.297. The van der Waals surface area contributed by atoms with Gasteiger partial charge in [-0.05, 0) is 23.8 Å². The lowest BCUT2D eigenvalue weighted by atomic mass is 9.95. The highest BCUT2D eigenvalue weighted by Crippen LogP contribution is 2.33. The van der Waals surface area contributed by atoms with Gasteiger partial charge in [0, 0.05) is 37.0 Å². The van der Waals surface area contributed by atoms with Crippen LogP contribution in [-0.2, 0) is 19.6 Å². The number of pyridine rings is 1. The quantitative estimate of drug-likeness (QED) is 0.649. The third-order valence-corrected chi connectivity index (χ3v) is 6.93. The fourth-order valence-corrected chi connectivity index (χ4v) is 4.54. The van der Waals surface area contributed by atoms with Crippen molar-refractivity contribution < 1.29 is 17.9 Å². The summed E-state index contributed by atoms with van der Waals surface area (Å²) >= 11 is 12.3. The van der Waals surface area contributed by atoms with Gasteiger partial charge in [0.1, 0.15) is 4.90 Å². The van der Waals surface area contributed by atoms with Crippen molar-refractivity contribution in [3.63, 3.8) is 0 Å². The van der Waals surface area contributed by atoms with Crippen LogP contribution >= 0.6 is 23.2 Å². The van der Waals surface area contributed by atoms with Gasteiger partial charge < -0.3 is 10.1 Å². The fourth-order valence-electron chi connectivity index (χ4n) is 3.73. The molecule has 1 amide bonds. The molecule has 0 aliphatic carbocycles. The molecular formula is C20H21Cl2N5O4S. The van der Waals surface area contributed by atoms with Crippen LogP contribution in [0, 0.1) is 5.92 Å². The summed E-state index contributed by atoms with van der Waals surface area (Å²) in [5, 5.41) is 15.2. The number of hydrogen-bond acceptors (Lipinski definition) is 7. The number of ether oxygens (including phenoxy) is 1. The zero-order valence-corrected chi connectivity index (χ0v) is 19.2. The van der Waals surface area contributed by atoms with E-state index in [-0.39, 0.29) is 29.2 Å². The highest BCUT2D eigenvalue weighted by Gasteiger charge is 2.33. The number of carbonyl (C=O) groups is 1. The molecule has 12 heteroatoms. The smallest absolute Gasteiger partial charge is 0.248 e. The monoisotopic (exact) mass is 497 g/mol. The number of amides is 1. The number of nitrogens with two attached hydrogens (primary N) is 1. The van der Waals surface area contributed by atoms with E-state index in [4.69, 9.17) is 33.1 Å². The summed E-state index contributed by atoms with van der Waals surface area (Å²) in [4.78, 5) is 16.5. The minimum absolute atomic E-state index is 0.0359. The van der Waals surface area contributed by atoms with Gasteiger partial charge in [-0.3, -0.25) is 9.78 Å². The number of hydrazone groups is 1.